The Morgan fingerprint density at radius 1 is 1.06 bits per heavy atom. The first-order valence-corrected chi connectivity index (χ1v) is 11.9. The van der Waals surface area contributed by atoms with Crippen molar-refractivity contribution < 1.29 is 9.53 Å². The molecule has 0 aliphatic rings. The number of nitrogens with zero attached hydrogens (tertiary/aromatic N) is 5. The van der Waals surface area contributed by atoms with Gasteiger partial charge in [0.25, 0.3) is 5.91 Å². The Hall–Kier alpha value is -4.46. The van der Waals surface area contributed by atoms with Crippen molar-refractivity contribution >= 4 is 23.6 Å². The Morgan fingerprint density at radius 3 is 2.53 bits per heavy atom. The molecular weight excluding hydrogens is 452 g/mol. The maximum atomic E-state index is 13.2. The highest BCUT2D eigenvalue weighted by molar-refractivity contribution is 5.95. The van der Waals surface area contributed by atoms with Crippen molar-refractivity contribution in [1.82, 2.24) is 19.7 Å². The van der Waals surface area contributed by atoms with E-state index in [-0.39, 0.29) is 5.91 Å². The second-order valence-electron chi connectivity index (χ2n) is 8.02. The molecule has 36 heavy (non-hydrogen) atoms. The molecule has 2 aromatic carbocycles. The number of anilines is 2. The van der Waals surface area contributed by atoms with E-state index in [4.69, 9.17) is 4.74 Å². The van der Waals surface area contributed by atoms with Crippen molar-refractivity contribution in [3.05, 3.63) is 90.3 Å². The van der Waals surface area contributed by atoms with Crippen molar-refractivity contribution in [2.45, 2.75) is 20.4 Å². The van der Waals surface area contributed by atoms with Crippen LogP contribution in [0.1, 0.15) is 29.8 Å². The minimum absolute atomic E-state index is 0.331. The molecule has 2 heterocycles. The Labute approximate surface area is 211 Å². The van der Waals surface area contributed by atoms with Gasteiger partial charge < -0.3 is 15.0 Å². The summed E-state index contributed by atoms with van der Waals surface area (Å²) in [6.07, 6.45) is 6.53. The van der Waals surface area contributed by atoms with E-state index in [1.807, 2.05) is 36.4 Å². The number of allylic oxidation sites excluding steroid dienone is 1. The normalized spacial score (nSPS) is 11.0. The van der Waals surface area contributed by atoms with E-state index in [1.165, 1.54) is 16.4 Å². The van der Waals surface area contributed by atoms with Crippen LogP contribution in [0.3, 0.4) is 0 Å². The summed E-state index contributed by atoms with van der Waals surface area (Å²) in [5, 5.41) is 7.75. The van der Waals surface area contributed by atoms with Gasteiger partial charge in [0, 0.05) is 54.9 Å². The number of pyridine rings is 1. The Bertz CT molecular complexity index is 1310. The second-order valence-corrected chi connectivity index (χ2v) is 8.02. The van der Waals surface area contributed by atoms with Gasteiger partial charge in [-0.25, -0.2) is 0 Å². The highest BCUT2D eigenvalue weighted by Crippen LogP contribution is 2.21. The average Bonchev–Trinajstić information content (AvgIpc) is 3.37. The van der Waals surface area contributed by atoms with E-state index >= 15 is 0 Å². The zero-order valence-corrected chi connectivity index (χ0v) is 20.8. The standard InChI is InChI=1S/C28H30N6O2/c1-4-33(5-2)24-15-12-21(13-16-24)19-30-28-31-27(23-10-8-18-29-20-23)32-34(28)26(35)17-14-22-9-6-7-11-25(22)36-3/h6-18,20H,4-5,19H2,1-3H3,(H,30,31,32)/b17-14+. The minimum atomic E-state index is -0.331. The van der Waals surface area contributed by atoms with Crippen LogP contribution in [-0.2, 0) is 6.54 Å². The van der Waals surface area contributed by atoms with Crippen LogP contribution in [-0.4, -0.2) is 45.9 Å². The average molecular weight is 483 g/mol. The molecule has 184 valence electrons. The molecule has 0 atom stereocenters. The summed E-state index contributed by atoms with van der Waals surface area (Å²) in [4.78, 5) is 24.2. The molecule has 0 fully saturated rings. The van der Waals surface area contributed by atoms with Crippen molar-refractivity contribution in [1.29, 1.82) is 0 Å². The van der Waals surface area contributed by atoms with Gasteiger partial charge >= 0.3 is 0 Å². The highest BCUT2D eigenvalue weighted by atomic mass is 16.5. The lowest BCUT2D eigenvalue weighted by Gasteiger charge is -2.21. The van der Waals surface area contributed by atoms with Crippen LogP contribution in [0, 0.1) is 0 Å². The van der Waals surface area contributed by atoms with Gasteiger partial charge in [-0.3, -0.25) is 9.78 Å². The van der Waals surface area contributed by atoms with E-state index in [0.717, 1.165) is 29.8 Å². The predicted octanol–water partition coefficient (Wildman–Crippen LogP) is 5.16. The van der Waals surface area contributed by atoms with E-state index in [1.54, 1.807) is 25.6 Å². The third kappa shape index (κ3) is 5.78. The number of benzene rings is 2. The van der Waals surface area contributed by atoms with Crippen molar-refractivity contribution in [2.24, 2.45) is 0 Å². The summed E-state index contributed by atoms with van der Waals surface area (Å²) in [5.74, 6) is 1.13. The fraction of sp³-hybridized carbons (Fsp3) is 0.214. The number of hydrogen-bond donors (Lipinski definition) is 1. The van der Waals surface area contributed by atoms with Crippen LogP contribution in [0.25, 0.3) is 17.5 Å². The van der Waals surface area contributed by atoms with Gasteiger partial charge in [-0.15, -0.1) is 5.10 Å². The van der Waals surface area contributed by atoms with Gasteiger partial charge in [-0.1, -0.05) is 30.3 Å². The number of para-hydroxylation sites is 1. The number of carbonyl (C=O) groups is 1. The summed E-state index contributed by atoms with van der Waals surface area (Å²) in [6, 6.07) is 19.5. The van der Waals surface area contributed by atoms with E-state index < -0.39 is 0 Å². The van der Waals surface area contributed by atoms with Gasteiger partial charge in [0.2, 0.25) is 5.95 Å². The molecule has 0 amide bonds. The number of carbonyl (C=O) groups excluding carboxylic acids is 1. The van der Waals surface area contributed by atoms with Gasteiger partial charge in [-0.05, 0) is 55.8 Å². The zero-order chi connectivity index (χ0) is 25.3. The molecule has 0 spiro atoms. The fourth-order valence-electron chi connectivity index (χ4n) is 3.83. The molecule has 0 aliphatic heterocycles. The molecule has 4 rings (SSSR count). The van der Waals surface area contributed by atoms with Crippen molar-refractivity contribution in [2.75, 3.05) is 30.4 Å². The lowest BCUT2D eigenvalue weighted by atomic mass is 10.2. The number of nitrogens with one attached hydrogen (secondary N) is 1. The lowest BCUT2D eigenvalue weighted by molar-refractivity contribution is 0.0957. The number of methoxy groups -OCH3 is 1. The SMILES string of the molecule is CCN(CC)c1ccc(CNc2nc(-c3cccnc3)nn2C(=O)/C=C/c2ccccc2OC)cc1. The van der Waals surface area contributed by atoms with Crippen LogP contribution in [0.4, 0.5) is 11.6 Å². The van der Waals surface area contributed by atoms with Crippen LogP contribution in [0.5, 0.6) is 5.75 Å². The molecule has 4 aromatic rings. The molecule has 0 aliphatic carbocycles. The molecule has 0 saturated heterocycles. The number of ether oxygens (including phenoxy) is 1. The van der Waals surface area contributed by atoms with E-state index in [0.29, 0.717) is 24.1 Å². The molecule has 2 aromatic heterocycles. The quantitative estimate of drug-likeness (QED) is 0.313. The van der Waals surface area contributed by atoms with Crippen LogP contribution < -0.4 is 15.0 Å². The Balaban J connectivity index is 1.58. The smallest absolute Gasteiger partial charge is 0.274 e. The molecule has 8 heteroatoms. The summed E-state index contributed by atoms with van der Waals surface area (Å²) in [6.45, 7) is 6.70. The largest absolute Gasteiger partial charge is 0.496 e. The second kappa shape index (κ2) is 11.8. The van der Waals surface area contributed by atoms with Crippen LogP contribution in [0.15, 0.2) is 79.1 Å². The first kappa shape index (κ1) is 24.7. The van der Waals surface area contributed by atoms with Gasteiger partial charge in [0.05, 0.1) is 7.11 Å². The maximum absolute atomic E-state index is 13.2. The Kier molecular flexibility index (Phi) is 8.08. The van der Waals surface area contributed by atoms with Crippen LogP contribution in [0.2, 0.25) is 0 Å². The summed E-state index contributed by atoms with van der Waals surface area (Å²) in [5.41, 5.74) is 3.77. The minimum Gasteiger partial charge on any atom is -0.496 e. The molecule has 0 bridgehead atoms. The third-order valence-electron chi connectivity index (χ3n) is 5.80. The molecule has 1 N–H and O–H groups in total. The molecule has 8 nitrogen and oxygen atoms in total. The number of aromatic nitrogens is 4. The lowest BCUT2D eigenvalue weighted by Crippen LogP contribution is -2.21. The number of hydrogen-bond acceptors (Lipinski definition) is 7. The van der Waals surface area contributed by atoms with Crippen LogP contribution >= 0.6 is 0 Å². The number of rotatable bonds is 10. The van der Waals surface area contributed by atoms with E-state index in [9.17, 15) is 4.79 Å². The fourth-order valence-corrected chi connectivity index (χ4v) is 3.83. The summed E-state index contributed by atoms with van der Waals surface area (Å²) >= 11 is 0. The first-order valence-electron chi connectivity index (χ1n) is 11.9. The highest BCUT2D eigenvalue weighted by Gasteiger charge is 2.16. The van der Waals surface area contributed by atoms with E-state index in [2.05, 4.69) is 63.4 Å². The summed E-state index contributed by atoms with van der Waals surface area (Å²) in [7, 11) is 1.60. The van der Waals surface area contributed by atoms with Gasteiger partial charge in [0.15, 0.2) is 5.82 Å². The molecule has 0 saturated carbocycles. The first-order chi connectivity index (χ1) is 17.6. The Morgan fingerprint density at radius 2 is 1.83 bits per heavy atom. The topological polar surface area (TPSA) is 85.2 Å². The molecule has 0 radical (unpaired) electrons. The monoisotopic (exact) mass is 482 g/mol. The maximum Gasteiger partial charge on any atom is 0.274 e. The summed E-state index contributed by atoms with van der Waals surface area (Å²) < 4.78 is 6.65. The van der Waals surface area contributed by atoms with Crippen molar-refractivity contribution in [3.8, 4) is 17.1 Å². The van der Waals surface area contributed by atoms with Crippen molar-refractivity contribution in [3.63, 3.8) is 0 Å². The predicted molar refractivity (Wildman–Crippen MR) is 143 cm³/mol. The van der Waals surface area contributed by atoms with Gasteiger partial charge in [-0.2, -0.15) is 9.67 Å². The molecule has 0 unspecified atom stereocenters. The third-order valence-corrected chi connectivity index (χ3v) is 5.80. The van der Waals surface area contributed by atoms with Gasteiger partial charge in [0.1, 0.15) is 5.75 Å². The zero-order valence-electron chi connectivity index (χ0n) is 20.8. The molecular formula is C28H30N6O2.